The van der Waals surface area contributed by atoms with Gasteiger partial charge in [-0.2, -0.15) is 0 Å². The number of hydrogen-bond acceptors (Lipinski definition) is 4. The summed E-state index contributed by atoms with van der Waals surface area (Å²) in [6.45, 7) is 6.31. The fraction of sp³-hybridized carbons (Fsp3) is 0.643. The SMILES string of the molecule is CCC1(CC)NC(=O)CCN(C(C)c2nccs2)C1=O. The first-order valence-corrected chi connectivity index (χ1v) is 7.93. The number of nitrogens with one attached hydrogen (secondary N) is 1. The van der Waals surface area contributed by atoms with Gasteiger partial charge in [-0.3, -0.25) is 9.59 Å². The molecule has 1 aliphatic heterocycles. The van der Waals surface area contributed by atoms with Crippen molar-refractivity contribution >= 4 is 23.2 Å². The minimum absolute atomic E-state index is 0.0102. The summed E-state index contributed by atoms with van der Waals surface area (Å²) >= 11 is 1.54. The second-order valence-electron chi connectivity index (χ2n) is 5.13. The molecule has 1 aromatic heterocycles. The van der Waals surface area contributed by atoms with E-state index in [1.54, 1.807) is 11.1 Å². The van der Waals surface area contributed by atoms with Crippen LogP contribution in [0.3, 0.4) is 0 Å². The standard InChI is InChI=1S/C14H21N3O2S/c1-4-14(5-2)13(19)17(8-6-11(18)16-14)10(3)12-15-7-9-20-12/h7,9-10H,4-6,8H2,1-3H3,(H,16,18). The molecule has 2 amide bonds. The molecule has 0 radical (unpaired) electrons. The third kappa shape index (κ3) is 2.57. The summed E-state index contributed by atoms with van der Waals surface area (Å²) in [6.07, 6.45) is 3.31. The van der Waals surface area contributed by atoms with Gasteiger partial charge in [-0.1, -0.05) is 13.8 Å². The molecule has 6 heteroatoms. The Morgan fingerprint density at radius 1 is 1.45 bits per heavy atom. The third-order valence-electron chi connectivity index (χ3n) is 4.11. The zero-order valence-electron chi connectivity index (χ0n) is 12.2. The molecule has 110 valence electrons. The Morgan fingerprint density at radius 3 is 2.70 bits per heavy atom. The predicted octanol–water partition coefficient (Wildman–Crippen LogP) is 2.11. The van der Waals surface area contributed by atoms with Crippen LogP contribution in [0, 0.1) is 0 Å². The van der Waals surface area contributed by atoms with Crippen molar-refractivity contribution in [3.8, 4) is 0 Å². The molecule has 0 bridgehead atoms. The number of carbonyl (C=O) groups excluding carboxylic acids is 2. The second-order valence-corrected chi connectivity index (χ2v) is 6.06. The van der Waals surface area contributed by atoms with E-state index < -0.39 is 5.54 Å². The van der Waals surface area contributed by atoms with Crippen molar-refractivity contribution in [1.82, 2.24) is 15.2 Å². The van der Waals surface area contributed by atoms with Gasteiger partial charge in [0.05, 0.1) is 6.04 Å². The summed E-state index contributed by atoms with van der Waals surface area (Å²) in [5.74, 6) is -0.0352. The molecular weight excluding hydrogens is 274 g/mol. The average molecular weight is 295 g/mol. The highest BCUT2D eigenvalue weighted by Gasteiger charge is 2.43. The zero-order chi connectivity index (χ0) is 14.8. The average Bonchev–Trinajstić information content (AvgIpc) is 2.94. The summed E-state index contributed by atoms with van der Waals surface area (Å²) < 4.78 is 0. The van der Waals surface area contributed by atoms with Gasteiger partial charge >= 0.3 is 0 Å². The minimum Gasteiger partial charge on any atom is -0.342 e. The number of carbonyl (C=O) groups is 2. The van der Waals surface area contributed by atoms with Crippen LogP contribution >= 0.6 is 11.3 Å². The Kier molecular flexibility index (Phi) is 4.42. The molecular formula is C14H21N3O2S. The van der Waals surface area contributed by atoms with E-state index >= 15 is 0 Å². The van der Waals surface area contributed by atoms with Crippen molar-refractivity contribution in [1.29, 1.82) is 0 Å². The zero-order valence-corrected chi connectivity index (χ0v) is 13.0. The molecule has 1 fully saturated rings. The quantitative estimate of drug-likeness (QED) is 0.925. The summed E-state index contributed by atoms with van der Waals surface area (Å²) in [5.41, 5.74) is -0.765. The maximum Gasteiger partial charge on any atom is 0.248 e. The molecule has 5 nitrogen and oxygen atoms in total. The number of aromatic nitrogens is 1. The second kappa shape index (κ2) is 5.91. The van der Waals surface area contributed by atoms with E-state index in [1.807, 2.05) is 26.2 Å². The summed E-state index contributed by atoms with van der Waals surface area (Å²) in [4.78, 5) is 30.9. The number of rotatable bonds is 4. The minimum atomic E-state index is -0.765. The molecule has 0 aliphatic carbocycles. The molecule has 1 atom stereocenters. The maximum atomic E-state index is 12.9. The highest BCUT2D eigenvalue weighted by atomic mass is 32.1. The fourth-order valence-corrected chi connectivity index (χ4v) is 3.36. The van der Waals surface area contributed by atoms with Gasteiger partial charge in [-0.15, -0.1) is 11.3 Å². The van der Waals surface area contributed by atoms with E-state index in [2.05, 4.69) is 10.3 Å². The number of nitrogens with zero attached hydrogens (tertiary/aromatic N) is 2. The normalized spacial score (nSPS) is 20.4. The lowest BCUT2D eigenvalue weighted by Crippen LogP contribution is -2.56. The molecule has 1 unspecified atom stereocenters. The van der Waals surface area contributed by atoms with Crippen LogP contribution in [0.1, 0.15) is 51.1 Å². The van der Waals surface area contributed by atoms with E-state index in [4.69, 9.17) is 0 Å². The molecule has 1 aromatic rings. The van der Waals surface area contributed by atoms with Gasteiger partial charge in [0.25, 0.3) is 0 Å². The van der Waals surface area contributed by atoms with E-state index in [9.17, 15) is 9.59 Å². The maximum absolute atomic E-state index is 12.9. The predicted molar refractivity (Wildman–Crippen MR) is 78.3 cm³/mol. The van der Waals surface area contributed by atoms with Crippen molar-refractivity contribution < 1.29 is 9.59 Å². The smallest absolute Gasteiger partial charge is 0.248 e. The van der Waals surface area contributed by atoms with Gasteiger partial charge < -0.3 is 10.2 Å². The van der Waals surface area contributed by atoms with Crippen LogP contribution in [-0.2, 0) is 9.59 Å². The van der Waals surface area contributed by atoms with Crippen LogP contribution in [0.4, 0.5) is 0 Å². The monoisotopic (exact) mass is 295 g/mol. The topological polar surface area (TPSA) is 62.3 Å². The van der Waals surface area contributed by atoms with Gasteiger partial charge in [0.15, 0.2) is 0 Å². The molecule has 0 saturated carbocycles. The lowest BCUT2D eigenvalue weighted by atomic mass is 9.91. The molecule has 2 rings (SSSR count). The van der Waals surface area contributed by atoms with E-state index in [-0.39, 0.29) is 17.9 Å². The first-order valence-electron chi connectivity index (χ1n) is 7.05. The van der Waals surface area contributed by atoms with Crippen molar-refractivity contribution in [2.24, 2.45) is 0 Å². The molecule has 1 aliphatic rings. The van der Waals surface area contributed by atoms with Gasteiger partial charge in [0.2, 0.25) is 11.8 Å². The number of thiazole rings is 1. The lowest BCUT2D eigenvalue weighted by molar-refractivity contribution is -0.141. The van der Waals surface area contributed by atoms with Crippen molar-refractivity contribution in [2.75, 3.05) is 6.54 Å². The summed E-state index contributed by atoms with van der Waals surface area (Å²) in [5, 5.41) is 5.74. The highest BCUT2D eigenvalue weighted by molar-refractivity contribution is 7.09. The largest absolute Gasteiger partial charge is 0.342 e. The fourth-order valence-electron chi connectivity index (χ4n) is 2.65. The number of hydrogen-bond donors (Lipinski definition) is 1. The Morgan fingerprint density at radius 2 is 2.15 bits per heavy atom. The molecule has 0 aromatic carbocycles. The number of amides is 2. The lowest BCUT2D eigenvalue weighted by Gasteiger charge is -2.36. The van der Waals surface area contributed by atoms with Gasteiger partial charge in [-0.05, 0) is 19.8 Å². The van der Waals surface area contributed by atoms with Crippen molar-refractivity contribution in [3.05, 3.63) is 16.6 Å². The first kappa shape index (κ1) is 15.0. The Balaban J connectivity index is 2.32. The summed E-state index contributed by atoms with van der Waals surface area (Å²) in [6, 6.07) is -0.0901. The van der Waals surface area contributed by atoms with Crippen LogP contribution in [-0.4, -0.2) is 33.8 Å². The van der Waals surface area contributed by atoms with E-state index in [0.717, 1.165) is 5.01 Å². The first-order chi connectivity index (χ1) is 9.54. The third-order valence-corrected chi connectivity index (χ3v) is 5.06. The molecule has 20 heavy (non-hydrogen) atoms. The van der Waals surface area contributed by atoms with Gasteiger partial charge in [-0.25, -0.2) is 4.98 Å². The van der Waals surface area contributed by atoms with Crippen LogP contribution in [0.5, 0.6) is 0 Å². The van der Waals surface area contributed by atoms with E-state index in [1.165, 1.54) is 11.3 Å². The molecule has 2 heterocycles. The van der Waals surface area contributed by atoms with Crippen molar-refractivity contribution in [3.63, 3.8) is 0 Å². The molecule has 0 spiro atoms. The Bertz CT molecular complexity index is 483. The highest BCUT2D eigenvalue weighted by Crippen LogP contribution is 2.29. The van der Waals surface area contributed by atoms with Crippen molar-refractivity contribution in [2.45, 2.75) is 51.6 Å². The van der Waals surface area contributed by atoms with Gasteiger partial charge in [0.1, 0.15) is 10.5 Å². The molecule has 1 saturated heterocycles. The van der Waals surface area contributed by atoms with Crippen LogP contribution in [0.25, 0.3) is 0 Å². The van der Waals surface area contributed by atoms with Crippen LogP contribution in [0.2, 0.25) is 0 Å². The molecule has 1 N–H and O–H groups in total. The Labute approximate surface area is 123 Å². The Hall–Kier alpha value is -1.43. The van der Waals surface area contributed by atoms with Crippen LogP contribution in [0.15, 0.2) is 11.6 Å². The van der Waals surface area contributed by atoms with E-state index in [0.29, 0.717) is 25.8 Å². The van der Waals surface area contributed by atoms with Gasteiger partial charge in [0, 0.05) is 24.5 Å². The van der Waals surface area contributed by atoms with Crippen LogP contribution < -0.4 is 5.32 Å². The summed E-state index contributed by atoms with van der Waals surface area (Å²) in [7, 11) is 0.